The van der Waals surface area contributed by atoms with E-state index in [0.29, 0.717) is 5.47 Å². The van der Waals surface area contributed by atoms with Crippen LogP contribution in [0.15, 0.2) is 208 Å². The molecule has 0 aromatic heterocycles. The van der Waals surface area contributed by atoms with Gasteiger partial charge in [0.1, 0.15) is 7.85 Å². The van der Waals surface area contributed by atoms with Crippen molar-refractivity contribution in [2.24, 2.45) is 0 Å². The molecule has 0 saturated heterocycles. The fourth-order valence-electron chi connectivity index (χ4n) is 6.93. The van der Waals surface area contributed by atoms with Gasteiger partial charge in [-0.3, -0.25) is 0 Å². The topological polar surface area (TPSA) is 0 Å². The minimum absolute atomic E-state index is 0.519. The van der Waals surface area contributed by atoms with Crippen LogP contribution in [0, 0.1) is 0 Å². The Morgan fingerprint density at radius 1 is 0.643 bits per heavy atom. The first-order valence-corrected chi connectivity index (χ1v) is 19.7. The van der Waals surface area contributed by atoms with Crippen molar-refractivity contribution in [3.63, 3.8) is 0 Å². The van der Waals surface area contributed by atoms with Gasteiger partial charge in [0.25, 0.3) is 0 Å². The molecule has 0 fully saturated rings. The normalized spacial score (nSPS) is 12.4. The summed E-state index contributed by atoms with van der Waals surface area (Å²) in [5, 5.41) is 0. The van der Waals surface area contributed by atoms with Gasteiger partial charge in [-0.05, 0) is 104 Å². The SMILES string of the molecule is C=C/C=C(\C=C)c1c(C(/C=C\C)=C/CC)cccc1-c1ccc(-c2c(C3=CCCC=C3)ccc(-c3ccccc3)c2-c2ccccc2)cc1.CC.[B]C(=C)C=C. The molecule has 0 saturated carbocycles. The van der Waals surface area contributed by atoms with Gasteiger partial charge >= 0.3 is 0 Å². The lowest BCUT2D eigenvalue weighted by molar-refractivity contribution is 1.04. The molecule has 5 aromatic rings. The van der Waals surface area contributed by atoms with E-state index in [4.69, 9.17) is 7.85 Å². The Bertz CT molecular complexity index is 2250. The van der Waals surface area contributed by atoms with Crippen LogP contribution in [-0.4, -0.2) is 7.85 Å². The monoisotopic (exact) mass is 726 g/mol. The second kappa shape index (κ2) is 22.3. The predicted molar refractivity (Wildman–Crippen MR) is 252 cm³/mol. The van der Waals surface area contributed by atoms with Crippen LogP contribution in [0.4, 0.5) is 0 Å². The summed E-state index contributed by atoms with van der Waals surface area (Å²) in [6, 6.07) is 42.0. The zero-order chi connectivity index (χ0) is 40.3. The smallest absolute Gasteiger partial charge is 0.106 e. The summed E-state index contributed by atoms with van der Waals surface area (Å²) in [7, 11) is 4.98. The van der Waals surface area contributed by atoms with Gasteiger partial charge < -0.3 is 0 Å². The summed E-state index contributed by atoms with van der Waals surface area (Å²) in [5.41, 5.74) is 17.4. The van der Waals surface area contributed by atoms with Crippen molar-refractivity contribution in [3.8, 4) is 44.5 Å². The fourth-order valence-corrected chi connectivity index (χ4v) is 6.93. The van der Waals surface area contributed by atoms with Gasteiger partial charge in [-0.25, -0.2) is 0 Å². The fraction of sp³-hybridized carbons (Fsp3) is 0.127. The Morgan fingerprint density at radius 2 is 1.21 bits per heavy atom. The molecule has 0 bridgehead atoms. The molecule has 2 radical (unpaired) electrons. The molecule has 6 rings (SSSR count). The lowest BCUT2D eigenvalue weighted by Crippen LogP contribution is -1.98. The maximum Gasteiger partial charge on any atom is 0.112 e. The van der Waals surface area contributed by atoms with Crippen LogP contribution in [0.1, 0.15) is 63.6 Å². The molecule has 56 heavy (non-hydrogen) atoms. The molecule has 0 spiro atoms. The largest absolute Gasteiger partial charge is 0.112 e. The molecular weight excluding hydrogens is 671 g/mol. The van der Waals surface area contributed by atoms with E-state index in [-0.39, 0.29) is 0 Å². The van der Waals surface area contributed by atoms with Crippen LogP contribution in [0.3, 0.4) is 0 Å². The van der Waals surface area contributed by atoms with Crippen molar-refractivity contribution >= 4 is 24.6 Å². The molecule has 0 atom stereocenters. The summed E-state index contributed by atoms with van der Waals surface area (Å²) in [5.74, 6) is 0. The maximum absolute atomic E-state index is 4.98. The van der Waals surface area contributed by atoms with E-state index in [2.05, 4.69) is 198 Å². The number of benzene rings is 5. The highest BCUT2D eigenvalue weighted by molar-refractivity contribution is 6.22. The Balaban J connectivity index is 0.000000922. The maximum atomic E-state index is 4.98. The highest BCUT2D eigenvalue weighted by Crippen LogP contribution is 2.45. The van der Waals surface area contributed by atoms with Crippen LogP contribution in [0.2, 0.25) is 0 Å². The molecular formula is C55H55B. The van der Waals surface area contributed by atoms with Crippen LogP contribution in [0.5, 0.6) is 0 Å². The molecule has 278 valence electrons. The Kier molecular flexibility index (Phi) is 16.9. The van der Waals surface area contributed by atoms with Gasteiger partial charge in [-0.15, -0.1) is 12.1 Å². The van der Waals surface area contributed by atoms with Crippen molar-refractivity contribution in [1.29, 1.82) is 0 Å². The first-order chi connectivity index (χ1) is 27.4. The van der Waals surface area contributed by atoms with E-state index in [0.717, 1.165) is 36.0 Å². The van der Waals surface area contributed by atoms with Crippen LogP contribution >= 0.6 is 0 Å². The average Bonchev–Trinajstić information content (AvgIpc) is 3.26. The van der Waals surface area contributed by atoms with Crippen molar-refractivity contribution in [3.05, 3.63) is 224 Å². The van der Waals surface area contributed by atoms with E-state index in [1.54, 1.807) is 0 Å². The third-order valence-electron chi connectivity index (χ3n) is 9.36. The van der Waals surface area contributed by atoms with Crippen molar-refractivity contribution in [2.75, 3.05) is 0 Å². The van der Waals surface area contributed by atoms with Gasteiger partial charge in [0.15, 0.2) is 0 Å². The van der Waals surface area contributed by atoms with Gasteiger partial charge in [0.05, 0.1) is 0 Å². The second-order valence-corrected chi connectivity index (χ2v) is 13.0. The first-order valence-electron chi connectivity index (χ1n) is 19.7. The van der Waals surface area contributed by atoms with E-state index in [1.165, 1.54) is 67.3 Å². The Labute approximate surface area is 339 Å². The van der Waals surface area contributed by atoms with Crippen LogP contribution in [0.25, 0.3) is 61.2 Å². The average molecular weight is 727 g/mol. The molecule has 1 aliphatic carbocycles. The van der Waals surface area contributed by atoms with E-state index < -0.39 is 0 Å². The minimum Gasteiger partial charge on any atom is -0.106 e. The summed E-state index contributed by atoms with van der Waals surface area (Å²) in [6.45, 7) is 23.1. The predicted octanol–water partition coefficient (Wildman–Crippen LogP) is 16.1. The van der Waals surface area contributed by atoms with E-state index in [9.17, 15) is 0 Å². The highest BCUT2D eigenvalue weighted by Gasteiger charge is 2.21. The lowest BCUT2D eigenvalue weighted by Gasteiger charge is -2.22. The number of rotatable bonds is 12. The molecule has 1 aliphatic rings. The first kappa shape index (κ1) is 42.6. The summed E-state index contributed by atoms with van der Waals surface area (Å²) >= 11 is 0. The quantitative estimate of drug-likeness (QED) is 0.0887. The van der Waals surface area contributed by atoms with Crippen molar-refractivity contribution < 1.29 is 0 Å². The van der Waals surface area contributed by atoms with Crippen molar-refractivity contribution in [1.82, 2.24) is 0 Å². The Hall–Kier alpha value is -6.18. The van der Waals surface area contributed by atoms with Gasteiger partial charge in [-0.2, -0.15) is 0 Å². The molecule has 1 heteroatoms. The zero-order valence-corrected chi connectivity index (χ0v) is 33.8. The molecule has 0 amide bonds. The van der Waals surface area contributed by atoms with Gasteiger partial charge in [0.2, 0.25) is 0 Å². The van der Waals surface area contributed by atoms with Crippen LogP contribution in [-0.2, 0) is 0 Å². The third kappa shape index (κ3) is 10.5. The number of hydrogen-bond acceptors (Lipinski definition) is 0. The molecule has 5 aromatic carbocycles. The number of hydrogen-bond donors (Lipinski definition) is 0. The molecule has 0 nitrogen and oxygen atoms in total. The second-order valence-electron chi connectivity index (χ2n) is 13.0. The molecule has 0 heterocycles. The summed E-state index contributed by atoms with van der Waals surface area (Å²) < 4.78 is 0. The van der Waals surface area contributed by atoms with Crippen LogP contribution < -0.4 is 0 Å². The van der Waals surface area contributed by atoms with Gasteiger partial charge in [0, 0.05) is 0 Å². The summed E-state index contributed by atoms with van der Waals surface area (Å²) in [4.78, 5) is 0. The van der Waals surface area contributed by atoms with Gasteiger partial charge in [-0.1, -0.05) is 217 Å². The number of allylic oxidation sites excluding steroid dienone is 14. The van der Waals surface area contributed by atoms with E-state index in [1.807, 2.05) is 26.0 Å². The van der Waals surface area contributed by atoms with E-state index >= 15 is 0 Å². The molecule has 0 N–H and O–H groups in total. The molecule has 0 aliphatic heterocycles. The Morgan fingerprint density at radius 3 is 1.77 bits per heavy atom. The van der Waals surface area contributed by atoms with Crippen molar-refractivity contribution in [2.45, 2.75) is 47.0 Å². The third-order valence-corrected chi connectivity index (χ3v) is 9.36. The molecule has 0 unspecified atom stereocenters. The standard InChI is InChI=1S/C49H44.C4H5B.C2H6/c1-5-19-36(8-4)47-43(37(20-6-2)21-7-3)28-18-29-44(47)40-30-32-42(33-31-40)49-46(39-24-14-10-15-25-39)35-34-45(38-22-12-9-13-23-38)48(49)41-26-16-11-17-27-41;1-3-4(2)5;1-2/h5-6,8-9,11-14,16-35H,1,4,7,10,15H2,2-3H3;3H,1-2H2;1-2H3/b20-6-,36-19+,37-21+;;. The zero-order valence-electron chi connectivity index (χ0n) is 33.8. The lowest BCUT2D eigenvalue weighted by atomic mass is 9.81. The highest BCUT2D eigenvalue weighted by atomic mass is 14.2. The minimum atomic E-state index is 0.519. The summed E-state index contributed by atoms with van der Waals surface area (Å²) in [6.07, 6.45) is 24.0.